The summed E-state index contributed by atoms with van der Waals surface area (Å²) in [7, 11) is 0. The molecule has 0 saturated heterocycles. The molecule has 0 saturated carbocycles. The summed E-state index contributed by atoms with van der Waals surface area (Å²) in [6.07, 6.45) is 0.466. The van der Waals surface area contributed by atoms with Crippen molar-refractivity contribution in [1.29, 1.82) is 0 Å². The minimum absolute atomic E-state index is 0.0633. The van der Waals surface area contributed by atoms with Gasteiger partial charge in [-0.3, -0.25) is 10.1 Å². The summed E-state index contributed by atoms with van der Waals surface area (Å²) in [5, 5.41) is 22.6. The van der Waals surface area contributed by atoms with Gasteiger partial charge in [-0.15, -0.1) is 0 Å². The standard InChI is InChI=1S/C13H19N3O4/c1-9-4-5-11(10(8-9)16(18)19)20-7-6-13(2,3)12(14)15-17/h4-5,8,17H,6-7H2,1-3H3,(H2,14,15). The molecule has 1 rings (SSSR count). The molecule has 3 N–H and O–H groups in total. The first-order valence-corrected chi connectivity index (χ1v) is 6.14. The first-order chi connectivity index (χ1) is 9.27. The highest BCUT2D eigenvalue weighted by Crippen LogP contribution is 2.29. The second-order valence-electron chi connectivity index (χ2n) is 5.20. The highest BCUT2D eigenvalue weighted by atomic mass is 16.6. The maximum Gasteiger partial charge on any atom is 0.311 e. The molecule has 1 aromatic carbocycles. The number of nitro groups is 1. The molecule has 0 amide bonds. The second-order valence-corrected chi connectivity index (χ2v) is 5.20. The van der Waals surface area contributed by atoms with Crippen LogP contribution in [0.25, 0.3) is 0 Å². The SMILES string of the molecule is Cc1ccc(OCCC(C)(C)C(N)=NO)c([N+](=O)[O-])c1. The summed E-state index contributed by atoms with van der Waals surface area (Å²) >= 11 is 0. The van der Waals surface area contributed by atoms with Crippen molar-refractivity contribution in [3.63, 3.8) is 0 Å². The highest BCUT2D eigenvalue weighted by molar-refractivity contribution is 5.85. The zero-order chi connectivity index (χ0) is 15.3. The zero-order valence-corrected chi connectivity index (χ0v) is 11.8. The van der Waals surface area contributed by atoms with Gasteiger partial charge in [0.05, 0.1) is 11.5 Å². The average molecular weight is 281 g/mol. The van der Waals surface area contributed by atoms with Crippen LogP contribution in [-0.2, 0) is 0 Å². The van der Waals surface area contributed by atoms with Crippen molar-refractivity contribution in [3.05, 3.63) is 33.9 Å². The summed E-state index contributed by atoms with van der Waals surface area (Å²) in [4.78, 5) is 10.5. The van der Waals surface area contributed by atoms with Crippen molar-refractivity contribution in [2.75, 3.05) is 6.61 Å². The van der Waals surface area contributed by atoms with E-state index < -0.39 is 10.3 Å². The fourth-order valence-electron chi connectivity index (χ4n) is 1.57. The van der Waals surface area contributed by atoms with Crippen molar-refractivity contribution in [1.82, 2.24) is 0 Å². The van der Waals surface area contributed by atoms with Gasteiger partial charge in [-0.25, -0.2) is 0 Å². The molecule has 0 bridgehead atoms. The third-order valence-corrected chi connectivity index (χ3v) is 3.10. The summed E-state index contributed by atoms with van der Waals surface area (Å²) < 4.78 is 5.45. The van der Waals surface area contributed by atoms with E-state index in [4.69, 9.17) is 15.7 Å². The van der Waals surface area contributed by atoms with E-state index in [-0.39, 0.29) is 23.9 Å². The monoisotopic (exact) mass is 281 g/mol. The maximum atomic E-state index is 10.9. The Bertz CT molecular complexity index is 526. The highest BCUT2D eigenvalue weighted by Gasteiger charge is 2.24. The largest absolute Gasteiger partial charge is 0.487 e. The van der Waals surface area contributed by atoms with E-state index in [1.807, 2.05) is 0 Å². The summed E-state index contributed by atoms with van der Waals surface area (Å²) in [5.41, 5.74) is 5.75. The minimum Gasteiger partial charge on any atom is -0.487 e. The van der Waals surface area contributed by atoms with Gasteiger partial charge >= 0.3 is 5.69 Å². The van der Waals surface area contributed by atoms with Crippen molar-refractivity contribution in [2.24, 2.45) is 16.3 Å². The van der Waals surface area contributed by atoms with E-state index in [2.05, 4.69) is 5.16 Å². The summed E-state index contributed by atoms with van der Waals surface area (Å²) in [5.74, 6) is 0.315. The molecule has 0 heterocycles. The van der Waals surface area contributed by atoms with Crippen LogP contribution in [0.4, 0.5) is 5.69 Å². The number of nitrogens with two attached hydrogens (primary N) is 1. The molecule has 7 heteroatoms. The number of ether oxygens (including phenoxy) is 1. The average Bonchev–Trinajstić information content (AvgIpc) is 2.39. The van der Waals surface area contributed by atoms with E-state index in [0.717, 1.165) is 5.56 Å². The molecule has 0 spiro atoms. The first kappa shape index (κ1) is 15.7. The molecule has 20 heavy (non-hydrogen) atoms. The maximum absolute atomic E-state index is 10.9. The molecule has 110 valence electrons. The van der Waals surface area contributed by atoms with Gasteiger partial charge in [0.1, 0.15) is 5.84 Å². The van der Waals surface area contributed by atoms with E-state index in [0.29, 0.717) is 6.42 Å². The Morgan fingerprint density at radius 2 is 2.20 bits per heavy atom. The van der Waals surface area contributed by atoms with Crippen molar-refractivity contribution >= 4 is 11.5 Å². The number of rotatable bonds is 6. The normalized spacial score (nSPS) is 12.2. The van der Waals surface area contributed by atoms with E-state index >= 15 is 0 Å². The van der Waals surface area contributed by atoms with Crippen LogP contribution in [0.2, 0.25) is 0 Å². The van der Waals surface area contributed by atoms with Crippen molar-refractivity contribution in [3.8, 4) is 5.75 Å². The minimum atomic E-state index is -0.547. The Balaban J connectivity index is 2.74. The van der Waals surface area contributed by atoms with Gasteiger partial charge in [-0.2, -0.15) is 0 Å². The lowest BCUT2D eigenvalue weighted by Gasteiger charge is -2.22. The van der Waals surface area contributed by atoms with Crippen molar-refractivity contribution < 1.29 is 14.9 Å². The van der Waals surface area contributed by atoms with E-state index in [1.165, 1.54) is 6.07 Å². The number of aryl methyl sites for hydroxylation is 1. The summed E-state index contributed by atoms with van der Waals surface area (Å²) in [6, 6.07) is 4.78. The van der Waals surface area contributed by atoms with Crippen LogP contribution in [0.15, 0.2) is 23.4 Å². The van der Waals surface area contributed by atoms with E-state index in [1.54, 1.807) is 32.9 Å². The summed E-state index contributed by atoms with van der Waals surface area (Å²) in [6.45, 7) is 5.61. The number of hydrogen-bond donors (Lipinski definition) is 2. The van der Waals surface area contributed by atoms with Gasteiger partial charge in [0.25, 0.3) is 0 Å². The molecule has 0 unspecified atom stereocenters. The van der Waals surface area contributed by atoms with E-state index in [9.17, 15) is 10.1 Å². The predicted octanol–water partition coefficient (Wildman–Crippen LogP) is 2.44. The third kappa shape index (κ3) is 3.84. The van der Waals surface area contributed by atoms with Crippen LogP contribution >= 0.6 is 0 Å². The molecular formula is C13H19N3O4. The Labute approximate surface area is 117 Å². The number of nitro benzene ring substituents is 1. The number of nitrogens with zero attached hydrogens (tertiary/aromatic N) is 2. The molecule has 0 fully saturated rings. The second kappa shape index (κ2) is 6.23. The van der Waals surface area contributed by atoms with Gasteiger partial charge in [-0.05, 0) is 25.0 Å². The number of amidine groups is 1. The van der Waals surface area contributed by atoms with Gasteiger partial charge < -0.3 is 15.7 Å². The lowest BCUT2D eigenvalue weighted by atomic mass is 9.88. The quantitative estimate of drug-likeness (QED) is 0.273. The number of benzene rings is 1. The molecule has 0 aromatic heterocycles. The molecule has 0 radical (unpaired) electrons. The Morgan fingerprint density at radius 1 is 1.55 bits per heavy atom. The fraction of sp³-hybridized carbons (Fsp3) is 0.462. The number of oxime groups is 1. The van der Waals surface area contributed by atoms with Crippen LogP contribution in [0.5, 0.6) is 5.75 Å². The van der Waals surface area contributed by atoms with Crippen molar-refractivity contribution in [2.45, 2.75) is 27.2 Å². The van der Waals surface area contributed by atoms with Crippen LogP contribution in [0.1, 0.15) is 25.8 Å². The molecule has 0 atom stereocenters. The molecule has 0 aliphatic rings. The van der Waals surface area contributed by atoms with Crippen LogP contribution in [-0.4, -0.2) is 22.6 Å². The van der Waals surface area contributed by atoms with Gasteiger partial charge in [-0.1, -0.05) is 25.1 Å². The Hall–Kier alpha value is -2.31. The van der Waals surface area contributed by atoms with Crippen LogP contribution in [0.3, 0.4) is 0 Å². The lowest BCUT2D eigenvalue weighted by molar-refractivity contribution is -0.385. The molecule has 0 aliphatic heterocycles. The zero-order valence-electron chi connectivity index (χ0n) is 11.8. The predicted molar refractivity (Wildman–Crippen MR) is 75.1 cm³/mol. The fourth-order valence-corrected chi connectivity index (χ4v) is 1.57. The van der Waals surface area contributed by atoms with Crippen LogP contribution in [0, 0.1) is 22.5 Å². The molecular weight excluding hydrogens is 262 g/mol. The molecule has 0 aliphatic carbocycles. The van der Waals surface area contributed by atoms with Crippen LogP contribution < -0.4 is 10.5 Å². The lowest BCUT2D eigenvalue weighted by Crippen LogP contribution is -2.33. The number of hydrogen-bond acceptors (Lipinski definition) is 5. The smallest absolute Gasteiger partial charge is 0.311 e. The van der Waals surface area contributed by atoms with Gasteiger partial charge in [0.15, 0.2) is 5.75 Å². The first-order valence-electron chi connectivity index (χ1n) is 6.14. The van der Waals surface area contributed by atoms with Gasteiger partial charge in [0, 0.05) is 11.5 Å². The Morgan fingerprint density at radius 3 is 2.75 bits per heavy atom. The topological polar surface area (TPSA) is 111 Å². The molecule has 7 nitrogen and oxygen atoms in total. The Kier molecular flexibility index (Phi) is 4.90. The van der Waals surface area contributed by atoms with Gasteiger partial charge in [0.2, 0.25) is 0 Å². The molecule has 1 aromatic rings. The third-order valence-electron chi connectivity index (χ3n) is 3.10.